The van der Waals surface area contributed by atoms with Crippen LogP contribution >= 0.6 is 0 Å². The standard InChI is InChI=1S/C13H24N2O/c1-13(2,3)14-12(16)15-9-8-10-6-4-5-7-11(10)15/h10-11H,4-9H2,1-3H3,(H,14,16). The zero-order valence-corrected chi connectivity index (χ0v) is 10.8. The molecule has 0 spiro atoms. The van der Waals surface area contributed by atoms with Gasteiger partial charge in [0.15, 0.2) is 0 Å². The van der Waals surface area contributed by atoms with E-state index in [-0.39, 0.29) is 11.6 Å². The normalized spacial score (nSPS) is 30.1. The molecule has 1 saturated heterocycles. The third-order valence-electron chi connectivity index (χ3n) is 3.75. The van der Waals surface area contributed by atoms with Crippen LogP contribution in [-0.4, -0.2) is 29.1 Å². The Balaban J connectivity index is 1.97. The number of rotatable bonds is 0. The van der Waals surface area contributed by atoms with Crippen LogP contribution < -0.4 is 5.32 Å². The molecule has 0 radical (unpaired) electrons. The summed E-state index contributed by atoms with van der Waals surface area (Å²) in [6, 6.07) is 0.665. The van der Waals surface area contributed by atoms with Crippen LogP contribution in [0.2, 0.25) is 0 Å². The lowest BCUT2D eigenvalue weighted by molar-refractivity contribution is 0.162. The van der Waals surface area contributed by atoms with Crippen LogP contribution in [-0.2, 0) is 0 Å². The van der Waals surface area contributed by atoms with E-state index < -0.39 is 0 Å². The van der Waals surface area contributed by atoms with Crippen molar-refractivity contribution >= 4 is 6.03 Å². The van der Waals surface area contributed by atoms with Gasteiger partial charge >= 0.3 is 6.03 Å². The van der Waals surface area contributed by atoms with E-state index in [1.807, 2.05) is 20.8 Å². The van der Waals surface area contributed by atoms with E-state index >= 15 is 0 Å². The Kier molecular flexibility index (Phi) is 3.13. The van der Waals surface area contributed by atoms with Gasteiger partial charge in [0.05, 0.1) is 0 Å². The van der Waals surface area contributed by atoms with Crippen LogP contribution in [0.3, 0.4) is 0 Å². The highest BCUT2D eigenvalue weighted by Crippen LogP contribution is 2.36. The summed E-state index contributed by atoms with van der Waals surface area (Å²) in [5.41, 5.74) is -0.121. The molecule has 92 valence electrons. The maximum Gasteiger partial charge on any atom is 0.318 e. The van der Waals surface area contributed by atoms with Gasteiger partial charge in [-0.05, 0) is 46.0 Å². The Bertz CT molecular complexity index is 270. The van der Waals surface area contributed by atoms with Crippen LogP contribution in [0.4, 0.5) is 4.79 Å². The average Bonchev–Trinajstić information content (AvgIpc) is 2.58. The summed E-state index contributed by atoms with van der Waals surface area (Å²) in [5.74, 6) is 0.777. The molecule has 2 rings (SSSR count). The Labute approximate surface area is 98.6 Å². The van der Waals surface area contributed by atoms with E-state index in [9.17, 15) is 4.79 Å². The molecule has 0 aromatic rings. The van der Waals surface area contributed by atoms with Gasteiger partial charge in [0.1, 0.15) is 0 Å². The minimum Gasteiger partial charge on any atom is -0.333 e. The molecule has 1 heterocycles. The minimum atomic E-state index is -0.121. The third-order valence-corrected chi connectivity index (χ3v) is 3.75. The highest BCUT2D eigenvalue weighted by atomic mass is 16.2. The van der Waals surface area contributed by atoms with Crippen LogP contribution in [0.5, 0.6) is 0 Å². The topological polar surface area (TPSA) is 32.3 Å². The SMILES string of the molecule is CC(C)(C)NC(=O)N1CCC2CCCCC21. The second-order valence-electron chi connectivity index (χ2n) is 6.27. The molecule has 3 nitrogen and oxygen atoms in total. The van der Waals surface area contributed by atoms with E-state index in [1.54, 1.807) is 0 Å². The maximum absolute atomic E-state index is 12.1. The van der Waals surface area contributed by atoms with Crippen molar-refractivity contribution in [3.63, 3.8) is 0 Å². The van der Waals surface area contributed by atoms with E-state index in [0.717, 1.165) is 12.5 Å². The van der Waals surface area contributed by atoms with E-state index in [1.165, 1.54) is 32.1 Å². The first kappa shape index (κ1) is 11.7. The Morgan fingerprint density at radius 3 is 2.56 bits per heavy atom. The van der Waals surface area contributed by atoms with Gasteiger partial charge in [0, 0.05) is 18.1 Å². The molecular formula is C13H24N2O. The average molecular weight is 224 g/mol. The number of urea groups is 1. The highest BCUT2D eigenvalue weighted by molar-refractivity contribution is 5.75. The van der Waals surface area contributed by atoms with Crippen molar-refractivity contribution in [1.82, 2.24) is 10.2 Å². The first-order valence-corrected chi connectivity index (χ1v) is 6.56. The Hall–Kier alpha value is -0.730. The van der Waals surface area contributed by atoms with Gasteiger partial charge in [-0.2, -0.15) is 0 Å². The van der Waals surface area contributed by atoms with Crippen molar-refractivity contribution < 1.29 is 4.79 Å². The second-order valence-corrected chi connectivity index (χ2v) is 6.27. The summed E-state index contributed by atoms with van der Waals surface area (Å²) >= 11 is 0. The number of hydrogen-bond acceptors (Lipinski definition) is 1. The molecule has 0 aromatic heterocycles. The first-order valence-electron chi connectivity index (χ1n) is 6.56. The van der Waals surface area contributed by atoms with Gasteiger partial charge in [-0.15, -0.1) is 0 Å². The molecule has 16 heavy (non-hydrogen) atoms. The molecule has 2 atom stereocenters. The summed E-state index contributed by atoms with van der Waals surface area (Å²) in [6.45, 7) is 7.08. The number of carbonyl (C=O) groups excluding carboxylic acids is 1. The number of amides is 2. The highest BCUT2D eigenvalue weighted by Gasteiger charge is 2.38. The Morgan fingerprint density at radius 2 is 1.88 bits per heavy atom. The molecule has 1 aliphatic carbocycles. The van der Waals surface area contributed by atoms with Crippen molar-refractivity contribution in [3.8, 4) is 0 Å². The number of carbonyl (C=O) groups is 1. The molecular weight excluding hydrogens is 200 g/mol. The molecule has 0 aromatic carbocycles. The largest absolute Gasteiger partial charge is 0.333 e. The van der Waals surface area contributed by atoms with Gasteiger partial charge in [-0.25, -0.2) is 4.79 Å². The third kappa shape index (κ3) is 2.50. The summed E-state index contributed by atoms with van der Waals surface area (Å²) in [4.78, 5) is 14.2. The molecule has 3 heteroatoms. The predicted octanol–water partition coefficient (Wildman–Crippen LogP) is 2.76. The van der Waals surface area contributed by atoms with Crippen LogP contribution in [0.25, 0.3) is 0 Å². The summed E-state index contributed by atoms with van der Waals surface area (Å²) in [5, 5.41) is 3.08. The second kappa shape index (κ2) is 4.27. The van der Waals surface area contributed by atoms with Gasteiger partial charge < -0.3 is 10.2 Å². The number of hydrogen-bond donors (Lipinski definition) is 1. The van der Waals surface area contributed by atoms with E-state index in [2.05, 4.69) is 10.2 Å². The molecule has 1 aliphatic heterocycles. The molecule has 2 fully saturated rings. The quantitative estimate of drug-likeness (QED) is 0.674. The first-order chi connectivity index (χ1) is 7.47. The lowest BCUT2D eigenvalue weighted by Crippen LogP contribution is -2.51. The number of nitrogens with one attached hydrogen (secondary N) is 1. The molecule has 1 N–H and O–H groups in total. The summed E-state index contributed by atoms with van der Waals surface area (Å²) in [6.07, 6.45) is 6.39. The van der Waals surface area contributed by atoms with Gasteiger partial charge in [-0.1, -0.05) is 12.8 Å². The van der Waals surface area contributed by atoms with Gasteiger partial charge in [0.2, 0.25) is 0 Å². The summed E-state index contributed by atoms with van der Waals surface area (Å²) in [7, 11) is 0. The lowest BCUT2D eigenvalue weighted by atomic mass is 9.85. The molecule has 2 amide bonds. The van der Waals surface area contributed by atoms with Crippen LogP contribution in [0.1, 0.15) is 52.9 Å². The molecule has 1 saturated carbocycles. The fraction of sp³-hybridized carbons (Fsp3) is 0.923. The smallest absolute Gasteiger partial charge is 0.318 e. The van der Waals surface area contributed by atoms with Crippen molar-refractivity contribution in [2.24, 2.45) is 5.92 Å². The van der Waals surface area contributed by atoms with E-state index in [4.69, 9.17) is 0 Å². The van der Waals surface area contributed by atoms with Crippen LogP contribution in [0, 0.1) is 5.92 Å². The maximum atomic E-state index is 12.1. The summed E-state index contributed by atoms with van der Waals surface area (Å²) < 4.78 is 0. The monoisotopic (exact) mass is 224 g/mol. The van der Waals surface area contributed by atoms with Gasteiger partial charge in [-0.3, -0.25) is 0 Å². The van der Waals surface area contributed by atoms with Crippen molar-refractivity contribution in [2.45, 2.75) is 64.5 Å². The zero-order chi connectivity index (χ0) is 11.8. The van der Waals surface area contributed by atoms with Crippen molar-refractivity contribution in [3.05, 3.63) is 0 Å². The number of fused-ring (bicyclic) bond motifs is 1. The van der Waals surface area contributed by atoms with Gasteiger partial charge in [0.25, 0.3) is 0 Å². The van der Waals surface area contributed by atoms with Crippen molar-refractivity contribution in [1.29, 1.82) is 0 Å². The number of likely N-dealkylation sites (tertiary alicyclic amines) is 1. The number of nitrogens with zero attached hydrogens (tertiary/aromatic N) is 1. The lowest BCUT2D eigenvalue weighted by Gasteiger charge is -2.33. The van der Waals surface area contributed by atoms with E-state index in [0.29, 0.717) is 6.04 Å². The minimum absolute atomic E-state index is 0.121. The molecule has 0 bridgehead atoms. The Morgan fingerprint density at radius 1 is 1.19 bits per heavy atom. The fourth-order valence-corrected chi connectivity index (χ4v) is 3.05. The molecule has 2 unspecified atom stereocenters. The molecule has 2 aliphatic rings. The predicted molar refractivity (Wildman–Crippen MR) is 65.4 cm³/mol. The fourth-order valence-electron chi connectivity index (χ4n) is 3.05. The zero-order valence-electron chi connectivity index (χ0n) is 10.8. The van der Waals surface area contributed by atoms with Crippen molar-refractivity contribution in [2.75, 3.05) is 6.54 Å². The van der Waals surface area contributed by atoms with Crippen LogP contribution in [0.15, 0.2) is 0 Å².